The molecule has 3 rings (SSSR count). The number of carbonyl (C=O) groups is 1. The number of piperidine rings is 1. The van der Waals surface area contributed by atoms with Gasteiger partial charge in [-0.25, -0.2) is 14.8 Å². The van der Waals surface area contributed by atoms with E-state index in [9.17, 15) is 4.79 Å². The van der Waals surface area contributed by atoms with Crippen molar-refractivity contribution in [2.24, 2.45) is 0 Å². The fraction of sp³-hybridized carbons (Fsp3) is 0.357. The Bertz CT molecular complexity index is 621. The molecule has 1 saturated heterocycles. The molecule has 2 aromatic rings. The summed E-state index contributed by atoms with van der Waals surface area (Å²) in [4.78, 5) is 21.8. The summed E-state index contributed by atoms with van der Waals surface area (Å²) in [5, 5.41) is 9.93. The first-order valence-corrected chi connectivity index (χ1v) is 6.49. The van der Waals surface area contributed by atoms with Gasteiger partial charge >= 0.3 is 5.97 Å². The molecule has 98 valence electrons. The van der Waals surface area contributed by atoms with Crippen LogP contribution in [0.3, 0.4) is 0 Å². The highest BCUT2D eigenvalue weighted by molar-refractivity contribution is 5.96. The van der Waals surface area contributed by atoms with Gasteiger partial charge < -0.3 is 10.0 Å². The van der Waals surface area contributed by atoms with Crippen LogP contribution in [0.25, 0.3) is 10.9 Å². The summed E-state index contributed by atoms with van der Waals surface area (Å²) in [6.07, 6.45) is 5.14. The predicted octanol–water partition coefficient (Wildman–Crippen LogP) is 2.32. The van der Waals surface area contributed by atoms with E-state index >= 15 is 0 Å². The van der Waals surface area contributed by atoms with Gasteiger partial charge in [0, 0.05) is 18.5 Å². The van der Waals surface area contributed by atoms with E-state index in [2.05, 4.69) is 14.9 Å². The van der Waals surface area contributed by atoms with Crippen LogP contribution in [0.1, 0.15) is 29.6 Å². The highest BCUT2D eigenvalue weighted by atomic mass is 16.4. The zero-order valence-corrected chi connectivity index (χ0v) is 10.5. The van der Waals surface area contributed by atoms with Crippen molar-refractivity contribution in [3.8, 4) is 0 Å². The van der Waals surface area contributed by atoms with E-state index in [-0.39, 0.29) is 5.56 Å². The van der Waals surface area contributed by atoms with E-state index in [0.717, 1.165) is 24.3 Å². The maximum Gasteiger partial charge on any atom is 0.335 e. The van der Waals surface area contributed by atoms with E-state index in [1.807, 2.05) is 6.07 Å². The number of carboxylic acids is 1. The molecule has 5 nitrogen and oxygen atoms in total. The third-order valence-electron chi connectivity index (χ3n) is 3.52. The number of benzene rings is 1. The number of aromatic carboxylic acids is 1. The number of aromatic nitrogens is 2. The molecule has 0 unspecified atom stereocenters. The number of hydrogen-bond donors (Lipinski definition) is 1. The highest BCUT2D eigenvalue weighted by Gasteiger charge is 2.16. The minimum absolute atomic E-state index is 0.260. The van der Waals surface area contributed by atoms with Gasteiger partial charge in [-0.05, 0) is 37.5 Å². The Kier molecular flexibility index (Phi) is 3.03. The van der Waals surface area contributed by atoms with E-state index in [1.165, 1.54) is 25.6 Å². The minimum atomic E-state index is -0.931. The molecule has 0 bridgehead atoms. The summed E-state index contributed by atoms with van der Waals surface area (Å²) in [6.45, 7) is 2.01. The lowest BCUT2D eigenvalue weighted by Crippen LogP contribution is -2.30. The second-order valence-electron chi connectivity index (χ2n) is 4.78. The van der Waals surface area contributed by atoms with Crippen molar-refractivity contribution in [3.63, 3.8) is 0 Å². The van der Waals surface area contributed by atoms with Crippen LogP contribution < -0.4 is 4.90 Å². The minimum Gasteiger partial charge on any atom is -0.478 e. The molecule has 19 heavy (non-hydrogen) atoms. The Labute approximate surface area is 110 Å². The van der Waals surface area contributed by atoms with Gasteiger partial charge in [-0.2, -0.15) is 0 Å². The van der Waals surface area contributed by atoms with Gasteiger partial charge in [0.15, 0.2) is 0 Å². The van der Waals surface area contributed by atoms with Crippen molar-refractivity contribution in [2.45, 2.75) is 19.3 Å². The smallest absolute Gasteiger partial charge is 0.335 e. The van der Waals surface area contributed by atoms with Gasteiger partial charge in [-0.3, -0.25) is 0 Å². The summed E-state index contributed by atoms with van der Waals surface area (Å²) in [5.74, 6) is -0.0123. The Morgan fingerprint density at radius 3 is 2.68 bits per heavy atom. The number of hydrogen-bond acceptors (Lipinski definition) is 4. The largest absolute Gasteiger partial charge is 0.478 e. The molecule has 0 spiro atoms. The zero-order valence-electron chi connectivity index (χ0n) is 10.5. The van der Waals surface area contributed by atoms with Gasteiger partial charge in [0.05, 0.1) is 11.1 Å². The number of carboxylic acid groups (broad SMARTS) is 1. The third kappa shape index (κ3) is 2.23. The van der Waals surface area contributed by atoms with Crippen molar-refractivity contribution in [2.75, 3.05) is 18.0 Å². The fourth-order valence-electron chi connectivity index (χ4n) is 2.53. The second-order valence-corrected chi connectivity index (χ2v) is 4.78. The predicted molar refractivity (Wildman–Crippen MR) is 72.6 cm³/mol. The van der Waals surface area contributed by atoms with Gasteiger partial charge in [-0.1, -0.05) is 0 Å². The Morgan fingerprint density at radius 2 is 1.95 bits per heavy atom. The van der Waals surface area contributed by atoms with Crippen LogP contribution >= 0.6 is 0 Å². The van der Waals surface area contributed by atoms with Crippen LogP contribution in [-0.2, 0) is 0 Å². The fourth-order valence-corrected chi connectivity index (χ4v) is 2.53. The molecule has 1 N–H and O–H groups in total. The van der Waals surface area contributed by atoms with Crippen LogP contribution in [0, 0.1) is 0 Å². The lowest BCUT2D eigenvalue weighted by Gasteiger charge is -2.28. The number of fused-ring (bicyclic) bond motifs is 1. The quantitative estimate of drug-likeness (QED) is 0.894. The van der Waals surface area contributed by atoms with Gasteiger partial charge in [-0.15, -0.1) is 0 Å². The lowest BCUT2D eigenvalue weighted by atomic mass is 10.1. The first kappa shape index (κ1) is 11.9. The number of rotatable bonds is 2. The summed E-state index contributed by atoms with van der Waals surface area (Å²) in [7, 11) is 0. The van der Waals surface area contributed by atoms with Crippen molar-refractivity contribution < 1.29 is 9.90 Å². The normalized spacial score (nSPS) is 15.7. The van der Waals surface area contributed by atoms with E-state index in [0.29, 0.717) is 5.52 Å². The molecule has 0 radical (unpaired) electrons. The summed E-state index contributed by atoms with van der Waals surface area (Å²) < 4.78 is 0. The molecule has 1 fully saturated rings. The summed E-state index contributed by atoms with van der Waals surface area (Å²) in [6, 6.07) is 5.02. The Hall–Kier alpha value is -2.17. The first-order chi connectivity index (χ1) is 9.25. The molecule has 1 aromatic carbocycles. The van der Waals surface area contributed by atoms with Gasteiger partial charge in [0.2, 0.25) is 0 Å². The number of anilines is 1. The average molecular weight is 257 g/mol. The van der Waals surface area contributed by atoms with Crippen LogP contribution in [0.4, 0.5) is 5.82 Å². The molecule has 0 saturated carbocycles. The maximum absolute atomic E-state index is 11.0. The second kappa shape index (κ2) is 4.84. The van der Waals surface area contributed by atoms with Crippen LogP contribution in [0.15, 0.2) is 24.5 Å². The summed E-state index contributed by atoms with van der Waals surface area (Å²) >= 11 is 0. The molecule has 0 atom stereocenters. The molecular formula is C14H15N3O2. The Balaban J connectivity index is 2.07. The van der Waals surface area contributed by atoms with Crippen molar-refractivity contribution in [3.05, 3.63) is 30.1 Å². The standard InChI is InChI=1S/C14H15N3O2/c18-14(19)10-4-5-11-12(8-10)15-9-16-13(11)17-6-2-1-3-7-17/h4-5,8-9H,1-3,6-7H2,(H,18,19). The highest BCUT2D eigenvalue weighted by Crippen LogP contribution is 2.26. The first-order valence-electron chi connectivity index (χ1n) is 6.49. The molecule has 0 amide bonds. The van der Waals surface area contributed by atoms with Crippen LogP contribution in [0.5, 0.6) is 0 Å². The maximum atomic E-state index is 11.0. The van der Waals surface area contributed by atoms with Crippen molar-refractivity contribution >= 4 is 22.7 Å². The molecule has 2 heterocycles. The third-order valence-corrected chi connectivity index (χ3v) is 3.52. The molecular weight excluding hydrogens is 242 g/mol. The monoisotopic (exact) mass is 257 g/mol. The van der Waals surface area contributed by atoms with Gasteiger partial charge in [0.25, 0.3) is 0 Å². The zero-order chi connectivity index (χ0) is 13.2. The molecule has 1 aromatic heterocycles. The van der Waals surface area contributed by atoms with Gasteiger partial charge in [0.1, 0.15) is 12.1 Å². The average Bonchev–Trinajstić information content (AvgIpc) is 2.47. The molecule has 0 aliphatic carbocycles. The Morgan fingerprint density at radius 1 is 1.16 bits per heavy atom. The molecule has 1 aliphatic rings. The number of nitrogens with zero attached hydrogens (tertiary/aromatic N) is 3. The van der Waals surface area contributed by atoms with E-state index in [4.69, 9.17) is 5.11 Å². The SMILES string of the molecule is O=C(O)c1ccc2c(N3CCCCC3)ncnc2c1. The summed E-state index contributed by atoms with van der Waals surface area (Å²) in [5.41, 5.74) is 0.950. The van der Waals surface area contributed by atoms with Crippen LogP contribution in [0.2, 0.25) is 0 Å². The van der Waals surface area contributed by atoms with Crippen molar-refractivity contribution in [1.29, 1.82) is 0 Å². The molecule has 5 heteroatoms. The topological polar surface area (TPSA) is 66.3 Å². The van der Waals surface area contributed by atoms with Crippen molar-refractivity contribution in [1.82, 2.24) is 9.97 Å². The van der Waals surface area contributed by atoms with E-state index in [1.54, 1.807) is 12.1 Å². The molecule has 1 aliphatic heterocycles. The van der Waals surface area contributed by atoms with Crippen LogP contribution in [-0.4, -0.2) is 34.1 Å². The van der Waals surface area contributed by atoms with E-state index < -0.39 is 5.97 Å². The lowest BCUT2D eigenvalue weighted by molar-refractivity contribution is 0.0697.